The van der Waals surface area contributed by atoms with Crippen LogP contribution in [0.25, 0.3) is 0 Å². The predicted octanol–water partition coefficient (Wildman–Crippen LogP) is 2.16. The predicted molar refractivity (Wildman–Crippen MR) is 74.6 cm³/mol. The molecule has 1 atom stereocenters. The van der Waals surface area contributed by atoms with E-state index < -0.39 is 15.6 Å². The molecule has 0 aromatic carbocycles. The van der Waals surface area contributed by atoms with Crippen molar-refractivity contribution in [3.63, 3.8) is 0 Å². The second kappa shape index (κ2) is 5.36. The fraction of sp³-hybridized carbons (Fsp3) is 0.600. The second-order valence-electron chi connectivity index (χ2n) is 4.44. The highest BCUT2D eigenvalue weighted by Crippen LogP contribution is 2.27. The molecule has 17 heavy (non-hydrogen) atoms. The Hall–Kier alpha value is 0.0500. The lowest BCUT2D eigenvalue weighted by molar-refractivity contribution is 0.315. The maximum atomic E-state index is 12.1. The lowest BCUT2D eigenvalue weighted by atomic mass is 9.90. The number of hydrogen-bond donors (Lipinski definition) is 2. The van der Waals surface area contributed by atoms with Crippen LogP contribution in [-0.4, -0.2) is 20.5 Å². The van der Waals surface area contributed by atoms with E-state index in [4.69, 9.17) is 5.73 Å². The van der Waals surface area contributed by atoms with E-state index in [1.165, 1.54) is 11.3 Å². The Morgan fingerprint density at radius 1 is 1.53 bits per heavy atom. The van der Waals surface area contributed by atoms with E-state index >= 15 is 0 Å². The zero-order valence-corrected chi connectivity index (χ0v) is 13.2. The maximum absolute atomic E-state index is 12.1. The van der Waals surface area contributed by atoms with Crippen molar-refractivity contribution >= 4 is 37.3 Å². The number of hydrogen-bond acceptors (Lipinski definition) is 4. The number of sulfonamides is 1. The molecular weight excluding hydrogens is 324 g/mol. The van der Waals surface area contributed by atoms with Crippen LogP contribution in [0.3, 0.4) is 0 Å². The monoisotopic (exact) mass is 340 g/mol. The summed E-state index contributed by atoms with van der Waals surface area (Å²) < 4.78 is 28.1. The minimum Gasteiger partial charge on any atom is -0.329 e. The van der Waals surface area contributed by atoms with Gasteiger partial charge < -0.3 is 5.73 Å². The minimum absolute atomic E-state index is 0.116. The number of nitrogens with one attached hydrogen (secondary N) is 1. The molecule has 1 aromatic rings. The SMILES string of the molecule is CC(C)C(C)(CN)NS(=O)(=O)c1ccc(Br)s1. The van der Waals surface area contributed by atoms with Gasteiger partial charge in [0.2, 0.25) is 0 Å². The molecule has 0 aliphatic heterocycles. The minimum atomic E-state index is -3.50. The van der Waals surface area contributed by atoms with Crippen molar-refractivity contribution < 1.29 is 8.42 Å². The summed E-state index contributed by atoms with van der Waals surface area (Å²) in [5, 5.41) is 0. The van der Waals surface area contributed by atoms with Crippen molar-refractivity contribution in [3.8, 4) is 0 Å². The lowest BCUT2D eigenvalue weighted by Crippen LogP contribution is -2.54. The Kier molecular flexibility index (Phi) is 4.76. The first kappa shape index (κ1) is 15.1. The average molecular weight is 341 g/mol. The summed E-state index contributed by atoms with van der Waals surface area (Å²) in [6, 6.07) is 3.29. The van der Waals surface area contributed by atoms with Gasteiger partial charge in [0, 0.05) is 12.1 Å². The first-order chi connectivity index (χ1) is 7.71. The molecule has 0 fully saturated rings. The van der Waals surface area contributed by atoms with Gasteiger partial charge in [-0.1, -0.05) is 13.8 Å². The summed E-state index contributed by atoms with van der Waals surface area (Å²) in [4.78, 5) is 0. The normalized spacial score (nSPS) is 16.1. The Labute approximate surface area is 115 Å². The maximum Gasteiger partial charge on any atom is 0.250 e. The molecule has 0 aliphatic rings. The zero-order chi connectivity index (χ0) is 13.3. The van der Waals surface area contributed by atoms with Crippen molar-refractivity contribution in [2.24, 2.45) is 11.7 Å². The van der Waals surface area contributed by atoms with Gasteiger partial charge in [0.25, 0.3) is 10.0 Å². The van der Waals surface area contributed by atoms with E-state index in [1.54, 1.807) is 12.1 Å². The van der Waals surface area contributed by atoms with E-state index in [0.29, 0.717) is 4.21 Å². The molecule has 0 radical (unpaired) electrons. The van der Waals surface area contributed by atoms with E-state index in [-0.39, 0.29) is 12.5 Å². The quantitative estimate of drug-likeness (QED) is 0.862. The Bertz CT molecular complexity index is 484. The summed E-state index contributed by atoms with van der Waals surface area (Å²) in [6.07, 6.45) is 0. The van der Waals surface area contributed by atoms with Crippen LogP contribution in [0.5, 0.6) is 0 Å². The molecule has 98 valence electrons. The fourth-order valence-electron chi connectivity index (χ4n) is 1.19. The van der Waals surface area contributed by atoms with Gasteiger partial charge in [-0.3, -0.25) is 0 Å². The van der Waals surface area contributed by atoms with E-state index in [1.807, 2.05) is 20.8 Å². The van der Waals surface area contributed by atoms with Crippen molar-refractivity contribution in [1.29, 1.82) is 0 Å². The van der Waals surface area contributed by atoms with Gasteiger partial charge in [-0.15, -0.1) is 11.3 Å². The van der Waals surface area contributed by atoms with Crippen LogP contribution in [-0.2, 0) is 10.0 Å². The summed E-state index contributed by atoms with van der Waals surface area (Å²) in [5.41, 5.74) is 5.04. The summed E-state index contributed by atoms with van der Waals surface area (Å²) in [6.45, 7) is 5.97. The molecule has 1 rings (SSSR count). The Morgan fingerprint density at radius 3 is 2.47 bits per heavy atom. The Morgan fingerprint density at radius 2 is 2.12 bits per heavy atom. The summed E-state index contributed by atoms with van der Waals surface area (Å²) >= 11 is 4.43. The third kappa shape index (κ3) is 3.51. The van der Waals surface area contributed by atoms with Gasteiger partial charge in [-0.25, -0.2) is 13.1 Å². The average Bonchev–Trinajstić information content (AvgIpc) is 2.64. The topological polar surface area (TPSA) is 72.2 Å². The number of rotatable bonds is 5. The van der Waals surface area contributed by atoms with Crippen LogP contribution in [0.4, 0.5) is 0 Å². The molecule has 4 nitrogen and oxygen atoms in total. The molecule has 1 unspecified atom stereocenters. The van der Waals surface area contributed by atoms with Crippen LogP contribution < -0.4 is 10.5 Å². The fourth-order valence-corrected chi connectivity index (χ4v) is 4.75. The van der Waals surface area contributed by atoms with Gasteiger partial charge in [0.1, 0.15) is 4.21 Å². The summed E-state index contributed by atoms with van der Waals surface area (Å²) in [7, 11) is -3.50. The van der Waals surface area contributed by atoms with E-state index in [0.717, 1.165) is 3.79 Å². The third-order valence-corrected chi connectivity index (χ3v) is 6.61. The highest BCUT2D eigenvalue weighted by Gasteiger charge is 2.33. The van der Waals surface area contributed by atoms with Crippen LogP contribution in [0, 0.1) is 5.92 Å². The molecule has 0 aliphatic carbocycles. The van der Waals surface area contributed by atoms with Crippen molar-refractivity contribution in [2.45, 2.75) is 30.5 Å². The number of nitrogens with two attached hydrogens (primary N) is 1. The molecule has 3 N–H and O–H groups in total. The molecule has 0 bridgehead atoms. The van der Waals surface area contributed by atoms with Crippen LogP contribution in [0.2, 0.25) is 0 Å². The summed E-state index contributed by atoms with van der Waals surface area (Å²) in [5.74, 6) is 0.116. The first-order valence-corrected chi connectivity index (χ1v) is 8.30. The highest BCUT2D eigenvalue weighted by molar-refractivity contribution is 9.11. The van der Waals surface area contributed by atoms with Crippen molar-refractivity contribution in [1.82, 2.24) is 4.72 Å². The number of thiophene rings is 1. The van der Waals surface area contributed by atoms with Crippen molar-refractivity contribution in [2.75, 3.05) is 6.54 Å². The molecule has 0 spiro atoms. The molecule has 7 heteroatoms. The van der Waals surface area contributed by atoms with Crippen LogP contribution >= 0.6 is 27.3 Å². The van der Waals surface area contributed by atoms with Crippen molar-refractivity contribution in [3.05, 3.63) is 15.9 Å². The Balaban J connectivity index is 3.01. The second-order valence-corrected chi connectivity index (χ2v) is 8.81. The number of halogens is 1. The van der Waals surface area contributed by atoms with Crippen LogP contribution in [0.1, 0.15) is 20.8 Å². The zero-order valence-electron chi connectivity index (χ0n) is 10.0. The van der Waals surface area contributed by atoms with Gasteiger partial charge in [0.15, 0.2) is 0 Å². The van der Waals surface area contributed by atoms with Crippen LogP contribution in [0.15, 0.2) is 20.1 Å². The van der Waals surface area contributed by atoms with Gasteiger partial charge in [0.05, 0.1) is 3.79 Å². The highest BCUT2D eigenvalue weighted by atomic mass is 79.9. The lowest BCUT2D eigenvalue weighted by Gasteiger charge is -2.32. The van der Waals surface area contributed by atoms with Gasteiger partial charge in [-0.05, 0) is 40.9 Å². The largest absolute Gasteiger partial charge is 0.329 e. The standard InChI is InChI=1S/C10H17BrN2O2S2/c1-7(2)10(3,6-12)13-17(14,15)9-5-4-8(11)16-9/h4-5,7,13H,6,12H2,1-3H3. The third-order valence-electron chi connectivity index (χ3n) is 2.88. The van der Waals surface area contributed by atoms with Gasteiger partial charge >= 0.3 is 0 Å². The molecule has 0 saturated carbocycles. The van der Waals surface area contributed by atoms with Gasteiger partial charge in [-0.2, -0.15) is 0 Å². The molecule has 1 heterocycles. The van der Waals surface area contributed by atoms with E-state index in [2.05, 4.69) is 20.7 Å². The van der Waals surface area contributed by atoms with E-state index in [9.17, 15) is 8.42 Å². The molecular formula is C10H17BrN2O2S2. The smallest absolute Gasteiger partial charge is 0.250 e. The molecule has 1 aromatic heterocycles. The molecule has 0 saturated heterocycles. The first-order valence-electron chi connectivity index (χ1n) is 5.20. The molecule has 0 amide bonds.